The minimum absolute atomic E-state index is 0.0230. The Bertz CT molecular complexity index is 676. The fourth-order valence-corrected chi connectivity index (χ4v) is 2.55. The van der Waals surface area contributed by atoms with E-state index in [9.17, 15) is 4.79 Å². The lowest BCUT2D eigenvalue weighted by molar-refractivity contribution is -0.129. The van der Waals surface area contributed by atoms with Crippen LogP contribution in [0.15, 0.2) is 12.1 Å². The van der Waals surface area contributed by atoms with E-state index in [2.05, 4.69) is 15.3 Å². The van der Waals surface area contributed by atoms with Gasteiger partial charge in [0.05, 0.1) is 10.8 Å². The van der Waals surface area contributed by atoms with Crippen LogP contribution in [0.5, 0.6) is 0 Å². The summed E-state index contributed by atoms with van der Waals surface area (Å²) in [7, 11) is 1.64. The first-order valence-electron chi connectivity index (χ1n) is 6.96. The van der Waals surface area contributed by atoms with Gasteiger partial charge in [-0.1, -0.05) is 0 Å². The van der Waals surface area contributed by atoms with Gasteiger partial charge in [0.25, 0.3) is 0 Å². The van der Waals surface area contributed by atoms with Crippen molar-refractivity contribution in [1.82, 2.24) is 19.9 Å². The van der Waals surface area contributed by atoms with Gasteiger partial charge in [0, 0.05) is 19.3 Å². The summed E-state index contributed by atoms with van der Waals surface area (Å²) >= 11 is 6.25. The van der Waals surface area contributed by atoms with E-state index in [-0.39, 0.29) is 11.3 Å². The molecule has 1 N–H and O–H groups in total. The van der Waals surface area contributed by atoms with E-state index < -0.39 is 5.41 Å². The summed E-state index contributed by atoms with van der Waals surface area (Å²) in [6.07, 6.45) is 0. The van der Waals surface area contributed by atoms with E-state index in [1.54, 1.807) is 7.05 Å². The molecular weight excluding hydrogens is 288 g/mol. The lowest BCUT2D eigenvalue weighted by Gasteiger charge is -2.24. The topological polar surface area (TPSA) is 59.8 Å². The average Bonchev–Trinajstić information content (AvgIpc) is 2.75. The van der Waals surface area contributed by atoms with Gasteiger partial charge in [-0.05, 0) is 39.8 Å². The average molecular weight is 309 g/mol. The van der Waals surface area contributed by atoms with Crippen molar-refractivity contribution in [2.45, 2.75) is 39.6 Å². The zero-order valence-electron chi connectivity index (χ0n) is 13.1. The molecule has 21 heavy (non-hydrogen) atoms. The molecule has 2 rings (SSSR count). The van der Waals surface area contributed by atoms with E-state index in [0.29, 0.717) is 6.54 Å². The molecule has 0 aromatic carbocycles. The van der Waals surface area contributed by atoms with Gasteiger partial charge in [-0.3, -0.25) is 4.79 Å². The van der Waals surface area contributed by atoms with Crippen molar-refractivity contribution in [2.75, 3.05) is 7.05 Å². The van der Waals surface area contributed by atoms with Crippen molar-refractivity contribution in [3.8, 4) is 0 Å². The van der Waals surface area contributed by atoms with Gasteiger partial charge in [0.1, 0.15) is 11.3 Å². The van der Waals surface area contributed by atoms with E-state index in [1.807, 2.05) is 44.4 Å². The number of hydrogen-bond donors (Lipinski definition) is 1. The van der Waals surface area contributed by atoms with Gasteiger partial charge in [0.15, 0.2) is 5.65 Å². The fourth-order valence-electron chi connectivity index (χ4n) is 2.38. The van der Waals surface area contributed by atoms with Crippen LogP contribution >= 0.6 is 11.6 Å². The Morgan fingerprint density at radius 2 is 2.10 bits per heavy atom. The molecule has 0 aliphatic carbocycles. The van der Waals surface area contributed by atoms with Gasteiger partial charge in [-0.25, -0.2) is 9.97 Å². The molecule has 0 spiro atoms. The number of carbonyl (C=O) groups is 1. The van der Waals surface area contributed by atoms with Crippen molar-refractivity contribution in [3.63, 3.8) is 0 Å². The number of alkyl halides is 1. The number of aromatic nitrogens is 3. The monoisotopic (exact) mass is 308 g/mol. The first kappa shape index (κ1) is 15.8. The number of imidazole rings is 1. The smallest absolute Gasteiger partial charge is 0.227 e. The number of aryl methyl sites for hydroxylation is 1. The molecule has 0 aliphatic heterocycles. The van der Waals surface area contributed by atoms with Gasteiger partial charge in [-0.15, -0.1) is 11.6 Å². The van der Waals surface area contributed by atoms with Crippen LogP contribution in [0.1, 0.15) is 37.7 Å². The number of halogens is 1. The lowest BCUT2D eigenvalue weighted by atomic mass is 9.92. The Balaban J connectivity index is 2.57. The summed E-state index contributed by atoms with van der Waals surface area (Å²) in [5.41, 5.74) is 1.91. The molecule has 0 saturated carbocycles. The molecule has 2 aromatic rings. The van der Waals surface area contributed by atoms with Crippen LogP contribution in [-0.2, 0) is 11.3 Å². The number of nitrogens with zero attached hydrogens (tertiary/aromatic N) is 3. The van der Waals surface area contributed by atoms with Gasteiger partial charge >= 0.3 is 0 Å². The number of pyridine rings is 1. The first-order chi connectivity index (χ1) is 9.76. The molecule has 1 amide bonds. The molecule has 6 heteroatoms. The molecule has 114 valence electrons. The van der Waals surface area contributed by atoms with Gasteiger partial charge in [-0.2, -0.15) is 0 Å². The zero-order chi connectivity index (χ0) is 15.8. The van der Waals surface area contributed by atoms with Crippen molar-refractivity contribution in [1.29, 1.82) is 0 Å². The quantitative estimate of drug-likeness (QED) is 0.884. The Hall–Kier alpha value is -1.62. The molecule has 0 fully saturated rings. The molecule has 5 nitrogen and oxygen atoms in total. The predicted molar refractivity (Wildman–Crippen MR) is 84.4 cm³/mol. The summed E-state index contributed by atoms with van der Waals surface area (Å²) in [4.78, 5) is 21.2. The summed E-state index contributed by atoms with van der Waals surface area (Å²) in [6.45, 7) is 8.09. The number of rotatable bonds is 4. The van der Waals surface area contributed by atoms with E-state index in [0.717, 1.165) is 22.7 Å². The van der Waals surface area contributed by atoms with Crippen molar-refractivity contribution in [2.24, 2.45) is 5.41 Å². The van der Waals surface area contributed by atoms with Crippen LogP contribution in [-0.4, -0.2) is 27.5 Å². The Kier molecular flexibility index (Phi) is 4.23. The number of fused-ring (bicyclic) bond motifs is 1. The maximum Gasteiger partial charge on any atom is 0.227 e. The largest absolute Gasteiger partial charge is 0.359 e. The van der Waals surface area contributed by atoms with Crippen LogP contribution in [0.3, 0.4) is 0 Å². The number of hydrogen-bond acceptors (Lipinski definition) is 3. The molecule has 1 unspecified atom stereocenters. The molecule has 0 aliphatic rings. The molecule has 2 heterocycles. The molecule has 0 bridgehead atoms. The number of carbonyl (C=O) groups excluding carboxylic acids is 1. The summed E-state index contributed by atoms with van der Waals surface area (Å²) in [5, 5.41) is 2.45. The van der Waals surface area contributed by atoms with E-state index in [4.69, 9.17) is 11.6 Å². The second-order valence-corrected chi connectivity index (χ2v) is 6.59. The Morgan fingerprint density at radius 3 is 2.67 bits per heavy atom. The lowest BCUT2D eigenvalue weighted by Crippen LogP contribution is -2.38. The molecule has 0 saturated heterocycles. The van der Waals surface area contributed by atoms with Crippen molar-refractivity contribution in [3.05, 3.63) is 23.7 Å². The molecule has 1 atom stereocenters. The van der Waals surface area contributed by atoms with Crippen LogP contribution in [0, 0.1) is 12.3 Å². The minimum atomic E-state index is -0.575. The molecule has 2 aromatic heterocycles. The number of nitrogens with one attached hydrogen (secondary N) is 1. The molecular formula is C15H21ClN4O. The fraction of sp³-hybridized carbons (Fsp3) is 0.533. The normalized spacial score (nSPS) is 13.4. The highest BCUT2D eigenvalue weighted by Crippen LogP contribution is 2.28. The predicted octanol–water partition coefficient (Wildman–Crippen LogP) is 2.81. The van der Waals surface area contributed by atoms with Crippen LogP contribution < -0.4 is 5.32 Å². The van der Waals surface area contributed by atoms with Crippen molar-refractivity contribution < 1.29 is 4.79 Å². The third-order valence-corrected chi connectivity index (χ3v) is 3.71. The maximum absolute atomic E-state index is 12.0. The summed E-state index contributed by atoms with van der Waals surface area (Å²) in [5.74, 6) is 0.715. The van der Waals surface area contributed by atoms with Crippen molar-refractivity contribution >= 4 is 28.7 Å². The highest BCUT2D eigenvalue weighted by atomic mass is 35.5. The molecule has 0 radical (unpaired) electrons. The number of amides is 1. The van der Waals surface area contributed by atoms with E-state index in [1.165, 1.54) is 0 Å². The van der Waals surface area contributed by atoms with E-state index >= 15 is 0 Å². The first-order valence-corrected chi connectivity index (χ1v) is 7.40. The summed E-state index contributed by atoms with van der Waals surface area (Å²) in [6, 6.07) is 3.86. The van der Waals surface area contributed by atoms with Gasteiger partial charge in [0.2, 0.25) is 5.91 Å². The van der Waals surface area contributed by atoms with Gasteiger partial charge < -0.3 is 9.88 Å². The third kappa shape index (κ3) is 3.02. The third-order valence-electron chi connectivity index (χ3n) is 3.51. The highest BCUT2D eigenvalue weighted by Gasteiger charge is 2.30. The maximum atomic E-state index is 12.0. The summed E-state index contributed by atoms with van der Waals surface area (Å²) < 4.78 is 1.95. The Morgan fingerprint density at radius 1 is 1.43 bits per heavy atom. The van der Waals surface area contributed by atoms with Crippen LogP contribution in [0.4, 0.5) is 0 Å². The standard InChI is InChI=1S/C15H21ClN4O/c1-9-6-7-11-13(18-9)20(12(19-11)10(2)16)8-15(3,4)14(21)17-5/h6-7,10H,8H2,1-5H3,(H,17,21). The SMILES string of the molecule is CNC(=O)C(C)(C)Cn1c(C(C)Cl)nc2ccc(C)nc21. The van der Waals surface area contributed by atoms with Crippen LogP contribution in [0.25, 0.3) is 11.2 Å². The Labute approximate surface area is 129 Å². The van der Waals surface area contributed by atoms with Crippen LogP contribution in [0.2, 0.25) is 0 Å². The second-order valence-electron chi connectivity index (χ2n) is 5.93. The highest BCUT2D eigenvalue weighted by molar-refractivity contribution is 6.20. The minimum Gasteiger partial charge on any atom is -0.359 e. The zero-order valence-corrected chi connectivity index (χ0v) is 13.8. The second kappa shape index (κ2) is 5.64.